The number of halogens is 6. The molecule has 0 aliphatic heterocycles. The monoisotopic (exact) mass is 560 g/mol. The van der Waals surface area contributed by atoms with Crippen molar-refractivity contribution in [2.45, 2.75) is 81.6 Å². The van der Waals surface area contributed by atoms with E-state index in [0.29, 0.717) is 5.89 Å². The number of carbonyl (C=O) groups is 2. The summed E-state index contributed by atoms with van der Waals surface area (Å²) in [7, 11) is 4.21. The zero-order valence-corrected chi connectivity index (χ0v) is 21.2. The number of hydrogen-bond acceptors (Lipinski definition) is 7. The molecule has 218 valence electrons. The van der Waals surface area contributed by atoms with Crippen LogP contribution in [0.1, 0.15) is 75.5 Å². The van der Waals surface area contributed by atoms with Gasteiger partial charge in [0.2, 0.25) is 5.89 Å². The van der Waals surface area contributed by atoms with E-state index in [9.17, 15) is 26.3 Å². The Labute approximate surface area is 215 Å². The highest BCUT2D eigenvalue weighted by Gasteiger charge is 2.54. The lowest BCUT2D eigenvalue weighted by atomic mass is 9.49. The standard InChI is InChI=1S/C19H32N4O.2C2HF3O2/c1-23(2)6-4-3-5-16(20)17-21-18(22-24-17)19-10-13-7-14(11-19)9-15(8-13)12-19;2*3-2(4,5)1(6)7/h13-16H,3-12,20H2,1-2H3;2*(H,6,7). The van der Waals surface area contributed by atoms with Gasteiger partial charge in [-0.05, 0) is 89.8 Å². The van der Waals surface area contributed by atoms with E-state index in [2.05, 4.69) is 24.2 Å². The van der Waals surface area contributed by atoms with Gasteiger partial charge in [-0.2, -0.15) is 31.3 Å². The predicted octanol–water partition coefficient (Wildman–Crippen LogP) is 4.54. The van der Waals surface area contributed by atoms with Crippen molar-refractivity contribution in [2.75, 3.05) is 20.6 Å². The van der Waals surface area contributed by atoms with Crippen LogP contribution in [-0.2, 0) is 15.0 Å². The van der Waals surface area contributed by atoms with Gasteiger partial charge in [0.15, 0.2) is 5.82 Å². The van der Waals surface area contributed by atoms with Crippen molar-refractivity contribution in [3.05, 3.63) is 11.7 Å². The second-order valence-corrected chi connectivity index (χ2v) is 10.7. The molecule has 0 radical (unpaired) electrons. The van der Waals surface area contributed by atoms with E-state index in [1.54, 1.807) is 0 Å². The van der Waals surface area contributed by atoms with Gasteiger partial charge in [-0.15, -0.1) is 0 Å². The third-order valence-electron chi connectivity index (χ3n) is 7.13. The topological polar surface area (TPSA) is 143 Å². The maximum Gasteiger partial charge on any atom is 0.490 e. The molecule has 1 unspecified atom stereocenters. The summed E-state index contributed by atoms with van der Waals surface area (Å²) in [5, 5.41) is 18.7. The summed E-state index contributed by atoms with van der Waals surface area (Å²) in [6, 6.07) is -0.109. The second-order valence-electron chi connectivity index (χ2n) is 10.7. The second kappa shape index (κ2) is 12.6. The third-order valence-corrected chi connectivity index (χ3v) is 7.13. The van der Waals surface area contributed by atoms with Gasteiger partial charge in [0.25, 0.3) is 0 Å². The Bertz CT molecular complexity index is 875. The first-order chi connectivity index (χ1) is 17.4. The Hall–Kier alpha value is -2.42. The molecule has 1 aromatic rings. The molecule has 0 saturated heterocycles. The Morgan fingerprint density at radius 1 is 0.974 bits per heavy atom. The molecule has 1 atom stereocenters. The quantitative estimate of drug-likeness (QED) is 0.324. The highest BCUT2D eigenvalue weighted by Crippen LogP contribution is 2.60. The number of rotatable bonds is 7. The third kappa shape index (κ3) is 9.10. The fourth-order valence-electron chi connectivity index (χ4n) is 5.90. The zero-order chi connectivity index (χ0) is 28.9. The summed E-state index contributed by atoms with van der Waals surface area (Å²) >= 11 is 0. The van der Waals surface area contributed by atoms with E-state index < -0.39 is 24.3 Å². The average Bonchev–Trinajstić information content (AvgIpc) is 3.26. The Kier molecular flexibility index (Phi) is 10.6. The SMILES string of the molecule is CN(C)CCCCC(N)c1nc(C23CC4CC(CC(C4)C2)C3)no1.O=C(O)C(F)(F)F.O=C(O)C(F)(F)F. The van der Waals surface area contributed by atoms with Crippen LogP contribution in [0.15, 0.2) is 4.52 Å². The number of nitrogens with two attached hydrogens (primary N) is 1. The molecule has 0 aromatic carbocycles. The molecular weight excluding hydrogens is 526 g/mol. The maximum atomic E-state index is 10.6. The zero-order valence-electron chi connectivity index (χ0n) is 21.2. The lowest BCUT2D eigenvalue weighted by molar-refractivity contribution is -0.193. The Morgan fingerprint density at radius 2 is 1.39 bits per heavy atom. The number of aromatic nitrogens is 2. The Morgan fingerprint density at radius 3 is 1.76 bits per heavy atom. The maximum absolute atomic E-state index is 10.6. The minimum Gasteiger partial charge on any atom is -0.475 e. The molecule has 0 spiro atoms. The van der Waals surface area contributed by atoms with E-state index in [-0.39, 0.29) is 11.5 Å². The fourth-order valence-corrected chi connectivity index (χ4v) is 5.90. The largest absolute Gasteiger partial charge is 0.490 e. The first-order valence-corrected chi connectivity index (χ1v) is 12.3. The van der Waals surface area contributed by atoms with Crippen LogP contribution in [-0.4, -0.2) is 70.2 Å². The molecule has 5 rings (SSSR count). The van der Waals surface area contributed by atoms with Crippen molar-refractivity contribution in [2.24, 2.45) is 23.5 Å². The number of alkyl halides is 6. The van der Waals surface area contributed by atoms with Crippen molar-refractivity contribution in [3.63, 3.8) is 0 Å². The first kappa shape index (κ1) is 31.8. The summed E-state index contributed by atoms with van der Waals surface area (Å²) in [5.74, 6) is -1.18. The molecule has 0 amide bonds. The van der Waals surface area contributed by atoms with Crippen LogP contribution >= 0.6 is 0 Å². The number of carboxylic acid groups (broad SMARTS) is 2. The highest BCUT2D eigenvalue weighted by atomic mass is 19.4. The van der Waals surface area contributed by atoms with Crippen molar-refractivity contribution < 1.29 is 50.7 Å². The van der Waals surface area contributed by atoms with Gasteiger partial charge < -0.3 is 25.4 Å². The molecule has 38 heavy (non-hydrogen) atoms. The minimum atomic E-state index is -5.08. The molecule has 4 saturated carbocycles. The van der Waals surface area contributed by atoms with E-state index in [1.165, 1.54) is 38.5 Å². The van der Waals surface area contributed by atoms with E-state index in [4.69, 9.17) is 35.0 Å². The highest BCUT2D eigenvalue weighted by molar-refractivity contribution is 5.73. The number of aliphatic carboxylic acids is 2. The minimum absolute atomic E-state index is 0.109. The van der Waals surface area contributed by atoms with Crippen LogP contribution in [0.3, 0.4) is 0 Å². The van der Waals surface area contributed by atoms with Gasteiger partial charge in [-0.3, -0.25) is 0 Å². The molecule has 4 fully saturated rings. The fraction of sp³-hybridized carbons (Fsp3) is 0.826. The van der Waals surface area contributed by atoms with Gasteiger partial charge in [0.05, 0.1) is 6.04 Å². The van der Waals surface area contributed by atoms with Gasteiger partial charge in [-0.1, -0.05) is 11.6 Å². The van der Waals surface area contributed by atoms with Crippen molar-refractivity contribution >= 4 is 11.9 Å². The normalized spacial score (nSPS) is 26.7. The van der Waals surface area contributed by atoms with Crippen LogP contribution in [0, 0.1) is 17.8 Å². The van der Waals surface area contributed by atoms with Crippen molar-refractivity contribution in [1.29, 1.82) is 0 Å². The molecule has 15 heteroatoms. The molecule has 9 nitrogen and oxygen atoms in total. The Balaban J connectivity index is 0.000000301. The van der Waals surface area contributed by atoms with Crippen molar-refractivity contribution in [1.82, 2.24) is 15.0 Å². The summed E-state index contributed by atoms with van der Waals surface area (Å²) in [6.07, 6.45) is 1.17. The predicted molar refractivity (Wildman–Crippen MR) is 121 cm³/mol. The average molecular weight is 561 g/mol. The summed E-state index contributed by atoms with van der Waals surface area (Å²) in [6.45, 7) is 1.11. The van der Waals surface area contributed by atoms with E-state index in [0.717, 1.165) is 49.4 Å². The van der Waals surface area contributed by atoms with Crippen LogP contribution in [0.4, 0.5) is 26.3 Å². The summed E-state index contributed by atoms with van der Waals surface area (Å²) < 4.78 is 69.1. The number of hydrogen-bond donors (Lipinski definition) is 3. The molecule has 1 heterocycles. The number of nitrogens with zero attached hydrogens (tertiary/aromatic N) is 3. The van der Waals surface area contributed by atoms with Crippen LogP contribution in [0.25, 0.3) is 0 Å². The molecular formula is C23H34F6N4O5. The van der Waals surface area contributed by atoms with E-state index >= 15 is 0 Å². The van der Waals surface area contributed by atoms with E-state index in [1.807, 2.05) is 0 Å². The molecule has 4 N–H and O–H groups in total. The number of unbranched alkanes of at least 4 members (excludes halogenated alkanes) is 1. The summed E-state index contributed by atoms with van der Waals surface area (Å²) in [4.78, 5) is 24.8. The molecule has 1 aromatic heterocycles. The lowest BCUT2D eigenvalue weighted by Crippen LogP contribution is -2.49. The van der Waals surface area contributed by atoms with Gasteiger partial charge >= 0.3 is 24.3 Å². The lowest BCUT2D eigenvalue weighted by Gasteiger charge is -2.55. The van der Waals surface area contributed by atoms with Gasteiger partial charge in [0.1, 0.15) is 0 Å². The smallest absolute Gasteiger partial charge is 0.475 e. The van der Waals surface area contributed by atoms with Crippen LogP contribution in [0.5, 0.6) is 0 Å². The van der Waals surface area contributed by atoms with Gasteiger partial charge in [0, 0.05) is 5.41 Å². The molecule has 4 bridgehead atoms. The number of carboxylic acids is 2. The molecule has 4 aliphatic carbocycles. The first-order valence-electron chi connectivity index (χ1n) is 12.3. The molecule has 4 aliphatic rings. The van der Waals surface area contributed by atoms with Crippen LogP contribution < -0.4 is 5.73 Å². The van der Waals surface area contributed by atoms with Gasteiger partial charge in [-0.25, -0.2) is 9.59 Å². The van der Waals surface area contributed by atoms with Crippen molar-refractivity contribution in [3.8, 4) is 0 Å². The summed E-state index contributed by atoms with van der Waals surface area (Å²) in [5.41, 5.74) is 6.52. The van der Waals surface area contributed by atoms with Crippen LogP contribution in [0.2, 0.25) is 0 Å².